The van der Waals surface area contributed by atoms with Crippen molar-refractivity contribution in [1.29, 1.82) is 0 Å². The van der Waals surface area contributed by atoms with Crippen LogP contribution in [0.2, 0.25) is 5.15 Å². The van der Waals surface area contributed by atoms with Gasteiger partial charge in [-0.3, -0.25) is 4.79 Å². The Morgan fingerprint density at radius 2 is 2.16 bits per heavy atom. The summed E-state index contributed by atoms with van der Waals surface area (Å²) < 4.78 is 5.43. The van der Waals surface area contributed by atoms with Gasteiger partial charge in [0, 0.05) is 24.3 Å². The topological polar surface area (TPSA) is 58.7 Å². The van der Waals surface area contributed by atoms with Crippen molar-refractivity contribution in [3.8, 4) is 0 Å². The Labute approximate surface area is 149 Å². The Morgan fingerprint density at radius 3 is 2.88 bits per heavy atom. The molecular formula is C19H16ClN3O2. The highest BCUT2D eigenvalue weighted by Crippen LogP contribution is 2.37. The molecule has 1 amide bonds. The summed E-state index contributed by atoms with van der Waals surface area (Å²) >= 11 is 6.47. The second-order valence-corrected chi connectivity index (χ2v) is 6.48. The number of carbonyl (C=O) groups excluding carboxylic acids is 1. The average Bonchev–Trinajstić information content (AvgIpc) is 3.24. The Balaban J connectivity index is 1.80. The first-order chi connectivity index (χ1) is 12.0. The maximum atomic E-state index is 12.1. The summed E-state index contributed by atoms with van der Waals surface area (Å²) in [6.45, 7) is 3.50. The van der Waals surface area contributed by atoms with Crippen molar-refractivity contribution in [3.05, 3.63) is 64.7 Å². The van der Waals surface area contributed by atoms with Crippen LogP contribution < -0.4 is 0 Å². The van der Waals surface area contributed by atoms with Crippen LogP contribution in [0.4, 0.5) is 0 Å². The fourth-order valence-corrected chi connectivity index (χ4v) is 3.47. The predicted molar refractivity (Wildman–Crippen MR) is 96.6 cm³/mol. The lowest BCUT2D eigenvalue weighted by Crippen LogP contribution is -2.24. The normalized spacial score (nSPS) is 17.2. The first kappa shape index (κ1) is 15.8. The van der Waals surface area contributed by atoms with Crippen LogP contribution in [0, 0.1) is 6.92 Å². The summed E-state index contributed by atoms with van der Waals surface area (Å²) in [4.78, 5) is 16.7. The minimum absolute atomic E-state index is 0.146. The third-order valence-electron chi connectivity index (χ3n) is 4.43. The van der Waals surface area contributed by atoms with Gasteiger partial charge >= 0.3 is 0 Å². The molecule has 0 saturated carbocycles. The van der Waals surface area contributed by atoms with Crippen molar-refractivity contribution in [1.82, 2.24) is 9.99 Å². The van der Waals surface area contributed by atoms with Crippen molar-refractivity contribution in [2.24, 2.45) is 5.10 Å². The molecule has 1 atom stereocenters. The number of benzene rings is 1. The van der Waals surface area contributed by atoms with Crippen LogP contribution >= 0.6 is 11.6 Å². The molecular weight excluding hydrogens is 338 g/mol. The van der Waals surface area contributed by atoms with Gasteiger partial charge in [0.1, 0.15) is 16.6 Å². The highest BCUT2D eigenvalue weighted by atomic mass is 35.5. The number of hydrogen-bond donors (Lipinski definition) is 0. The highest BCUT2D eigenvalue weighted by molar-refractivity contribution is 6.30. The number of fused-ring (bicyclic) bond motifs is 1. The summed E-state index contributed by atoms with van der Waals surface area (Å²) in [5, 5.41) is 7.30. The number of rotatable bonds is 2. The number of halogens is 1. The molecule has 0 bridgehead atoms. The molecule has 0 spiro atoms. The number of nitrogens with zero attached hydrogens (tertiary/aromatic N) is 3. The molecule has 0 fully saturated rings. The lowest BCUT2D eigenvalue weighted by atomic mass is 10.00. The van der Waals surface area contributed by atoms with E-state index in [1.54, 1.807) is 12.3 Å². The van der Waals surface area contributed by atoms with Gasteiger partial charge in [0.15, 0.2) is 0 Å². The van der Waals surface area contributed by atoms with Crippen molar-refractivity contribution in [2.45, 2.75) is 26.3 Å². The molecule has 0 unspecified atom stereocenters. The molecule has 0 saturated heterocycles. The molecule has 1 aliphatic heterocycles. The fourth-order valence-electron chi connectivity index (χ4n) is 3.21. The first-order valence-corrected chi connectivity index (χ1v) is 8.39. The molecule has 1 aromatic carbocycles. The van der Waals surface area contributed by atoms with Gasteiger partial charge in [0.25, 0.3) is 0 Å². The zero-order chi connectivity index (χ0) is 17.6. The van der Waals surface area contributed by atoms with E-state index in [1.807, 2.05) is 37.3 Å². The summed E-state index contributed by atoms with van der Waals surface area (Å²) in [6.07, 6.45) is 2.13. The third kappa shape index (κ3) is 2.70. The van der Waals surface area contributed by atoms with E-state index in [0.29, 0.717) is 17.3 Å². The summed E-state index contributed by atoms with van der Waals surface area (Å²) in [5.74, 6) is 0.515. The number of aryl methyl sites for hydroxylation is 1. The third-order valence-corrected chi connectivity index (χ3v) is 4.73. The van der Waals surface area contributed by atoms with Gasteiger partial charge < -0.3 is 4.42 Å². The monoisotopic (exact) mass is 353 g/mol. The Morgan fingerprint density at radius 1 is 1.32 bits per heavy atom. The van der Waals surface area contributed by atoms with Crippen molar-refractivity contribution in [2.75, 3.05) is 0 Å². The Bertz CT molecular complexity index is 995. The van der Waals surface area contributed by atoms with Crippen molar-refractivity contribution < 1.29 is 9.21 Å². The SMILES string of the molecule is CC(=O)N1N=C(c2ccco2)C[C@H]1c1cc2cccc(C)c2nc1Cl. The van der Waals surface area contributed by atoms with Crippen LogP contribution in [0.15, 0.2) is 52.2 Å². The molecule has 1 aliphatic rings. The average molecular weight is 354 g/mol. The number of hydrogen-bond acceptors (Lipinski definition) is 4. The van der Waals surface area contributed by atoms with Crippen molar-refractivity contribution in [3.63, 3.8) is 0 Å². The van der Waals surface area contributed by atoms with Gasteiger partial charge in [-0.15, -0.1) is 0 Å². The molecule has 0 N–H and O–H groups in total. The van der Waals surface area contributed by atoms with Gasteiger partial charge in [0.2, 0.25) is 5.91 Å². The summed E-state index contributed by atoms with van der Waals surface area (Å²) in [6, 6.07) is 11.3. The van der Waals surface area contributed by atoms with Gasteiger partial charge in [-0.05, 0) is 30.7 Å². The molecule has 3 aromatic rings. The smallest absolute Gasteiger partial charge is 0.240 e. The standard InChI is InChI=1S/C19H16ClN3O2/c1-11-5-3-6-13-9-14(19(20)21-18(11)13)16-10-15(17-7-4-8-25-17)22-23(16)12(2)24/h3-9,16H,10H2,1-2H3/t16-/m0/s1. The number of aromatic nitrogens is 1. The van der Waals surface area contributed by atoms with E-state index in [-0.39, 0.29) is 11.9 Å². The van der Waals surface area contributed by atoms with E-state index in [4.69, 9.17) is 16.0 Å². The first-order valence-electron chi connectivity index (χ1n) is 8.01. The number of hydrazone groups is 1. The lowest BCUT2D eigenvalue weighted by Gasteiger charge is -2.21. The summed E-state index contributed by atoms with van der Waals surface area (Å²) in [5.41, 5.74) is 3.45. The molecule has 25 heavy (non-hydrogen) atoms. The minimum Gasteiger partial charge on any atom is -0.463 e. The highest BCUT2D eigenvalue weighted by Gasteiger charge is 2.34. The lowest BCUT2D eigenvalue weighted by molar-refractivity contribution is -0.130. The number of pyridine rings is 1. The van der Waals surface area contributed by atoms with Crippen LogP contribution in [0.3, 0.4) is 0 Å². The zero-order valence-corrected chi connectivity index (χ0v) is 14.6. The van der Waals surface area contributed by atoms with Crippen LogP contribution in [0.5, 0.6) is 0 Å². The second kappa shape index (κ2) is 6.01. The second-order valence-electron chi connectivity index (χ2n) is 6.12. The van der Waals surface area contributed by atoms with Crippen LogP contribution in [-0.2, 0) is 4.79 Å². The Kier molecular flexibility index (Phi) is 3.81. The van der Waals surface area contributed by atoms with Crippen molar-refractivity contribution >= 4 is 34.1 Å². The number of carbonyl (C=O) groups is 1. The van der Waals surface area contributed by atoms with E-state index in [2.05, 4.69) is 10.1 Å². The number of furan rings is 1. The van der Waals surface area contributed by atoms with E-state index in [1.165, 1.54) is 11.9 Å². The van der Waals surface area contributed by atoms with E-state index in [0.717, 1.165) is 27.7 Å². The van der Waals surface area contributed by atoms with Gasteiger partial charge in [-0.2, -0.15) is 5.10 Å². The largest absolute Gasteiger partial charge is 0.463 e. The molecule has 0 radical (unpaired) electrons. The van der Waals surface area contributed by atoms with E-state index >= 15 is 0 Å². The van der Waals surface area contributed by atoms with Crippen LogP contribution in [-0.4, -0.2) is 21.6 Å². The van der Waals surface area contributed by atoms with E-state index in [9.17, 15) is 4.79 Å². The Hall–Kier alpha value is -2.66. The molecule has 6 heteroatoms. The number of para-hydroxylation sites is 1. The summed E-state index contributed by atoms with van der Waals surface area (Å²) in [7, 11) is 0. The quantitative estimate of drug-likeness (QED) is 0.638. The van der Waals surface area contributed by atoms with Gasteiger partial charge in [-0.1, -0.05) is 29.8 Å². The molecule has 0 aliphatic carbocycles. The molecule has 2 aromatic heterocycles. The van der Waals surface area contributed by atoms with Gasteiger partial charge in [0.05, 0.1) is 17.8 Å². The molecule has 5 nitrogen and oxygen atoms in total. The predicted octanol–water partition coefficient (Wildman–Crippen LogP) is 4.49. The van der Waals surface area contributed by atoms with Crippen LogP contribution in [0.25, 0.3) is 10.9 Å². The fraction of sp³-hybridized carbons (Fsp3) is 0.211. The number of amides is 1. The molecule has 126 valence electrons. The molecule has 4 rings (SSSR count). The van der Waals surface area contributed by atoms with Crippen LogP contribution in [0.1, 0.15) is 36.3 Å². The van der Waals surface area contributed by atoms with E-state index < -0.39 is 0 Å². The van der Waals surface area contributed by atoms with Gasteiger partial charge in [-0.25, -0.2) is 9.99 Å². The zero-order valence-electron chi connectivity index (χ0n) is 13.9. The minimum atomic E-state index is -0.289. The molecule has 3 heterocycles. The maximum Gasteiger partial charge on any atom is 0.240 e. The maximum absolute atomic E-state index is 12.1.